The molecule has 102 valence electrons. The first kappa shape index (κ1) is 13.5. The summed E-state index contributed by atoms with van der Waals surface area (Å²) in [6.45, 7) is 8.86. The van der Waals surface area contributed by atoms with Gasteiger partial charge in [-0.15, -0.1) is 10.2 Å². The van der Waals surface area contributed by atoms with Gasteiger partial charge in [-0.25, -0.2) is 0 Å². The third-order valence-electron chi connectivity index (χ3n) is 3.31. The summed E-state index contributed by atoms with van der Waals surface area (Å²) in [6.07, 6.45) is 1.81. The van der Waals surface area contributed by atoms with Gasteiger partial charge in [0.25, 0.3) is 0 Å². The van der Waals surface area contributed by atoms with Gasteiger partial charge < -0.3 is 14.6 Å². The van der Waals surface area contributed by atoms with Gasteiger partial charge in [0, 0.05) is 38.8 Å². The molecule has 1 aliphatic heterocycles. The van der Waals surface area contributed by atoms with Gasteiger partial charge in [-0.2, -0.15) is 0 Å². The summed E-state index contributed by atoms with van der Waals surface area (Å²) in [5, 5.41) is 11.6. The van der Waals surface area contributed by atoms with Gasteiger partial charge in [0.05, 0.1) is 13.2 Å². The molecule has 1 aliphatic rings. The van der Waals surface area contributed by atoms with Gasteiger partial charge in [0.1, 0.15) is 12.2 Å². The number of rotatable bonds is 6. The monoisotopic (exact) mass is 253 g/mol. The zero-order valence-corrected chi connectivity index (χ0v) is 11.5. The molecule has 6 nitrogen and oxygen atoms in total. The Labute approximate surface area is 108 Å². The third-order valence-corrected chi connectivity index (χ3v) is 3.31. The van der Waals surface area contributed by atoms with E-state index in [-0.39, 0.29) is 0 Å². The first-order valence-corrected chi connectivity index (χ1v) is 6.53. The molecule has 1 N–H and O–H groups in total. The van der Waals surface area contributed by atoms with Crippen LogP contribution in [0.1, 0.15) is 19.7 Å². The van der Waals surface area contributed by atoms with Crippen LogP contribution in [0.5, 0.6) is 0 Å². The Morgan fingerprint density at radius 2 is 2.28 bits per heavy atom. The Morgan fingerprint density at radius 3 is 3.00 bits per heavy atom. The molecule has 0 saturated heterocycles. The lowest BCUT2D eigenvalue weighted by atomic mass is 10.2. The molecule has 1 atom stereocenters. The van der Waals surface area contributed by atoms with Crippen molar-refractivity contribution in [3.8, 4) is 0 Å². The molecule has 0 aromatic carbocycles. The van der Waals surface area contributed by atoms with Crippen LogP contribution in [0.15, 0.2) is 6.33 Å². The van der Waals surface area contributed by atoms with E-state index >= 15 is 0 Å². The third kappa shape index (κ3) is 3.28. The van der Waals surface area contributed by atoms with Crippen LogP contribution in [0.25, 0.3) is 0 Å². The van der Waals surface area contributed by atoms with Crippen molar-refractivity contribution in [2.45, 2.75) is 39.0 Å². The Balaban J connectivity index is 1.95. The Kier molecular flexibility index (Phi) is 4.68. The molecule has 6 heteroatoms. The summed E-state index contributed by atoms with van der Waals surface area (Å²) < 4.78 is 7.46. The highest BCUT2D eigenvalue weighted by molar-refractivity contribution is 4.92. The number of methoxy groups -OCH3 is 1. The minimum Gasteiger partial charge on any atom is -0.383 e. The van der Waals surface area contributed by atoms with Crippen molar-refractivity contribution in [1.82, 2.24) is 25.0 Å². The van der Waals surface area contributed by atoms with Crippen LogP contribution in [0.3, 0.4) is 0 Å². The number of ether oxygens (including phenoxy) is 1. The second kappa shape index (κ2) is 6.26. The van der Waals surface area contributed by atoms with Crippen LogP contribution in [0.2, 0.25) is 0 Å². The zero-order chi connectivity index (χ0) is 13.0. The van der Waals surface area contributed by atoms with Crippen molar-refractivity contribution in [1.29, 1.82) is 0 Å². The van der Waals surface area contributed by atoms with Gasteiger partial charge in [0.15, 0.2) is 0 Å². The molecule has 1 unspecified atom stereocenters. The van der Waals surface area contributed by atoms with Crippen molar-refractivity contribution in [3.05, 3.63) is 12.2 Å². The zero-order valence-electron chi connectivity index (χ0n) is 11.5. The molecular weight excluding hydrogens is 230 g/mol. The largest absolute Gasteiger partial charge is 0.383 e. The number of hydrogen-bond acceptors (Lipinski definition) is 5. The molecule has 0 spiro atoms. The Morgan fingerprint density at radius 1 is 1.44 bits per heavy atom. The minimum absolute atomic E-state index is 0.392. The summed E-state index contributed by atoms with van der Waals surface area (Å²) in [5.74, 6) is 1.05. The van der Waals surface area contributed by atoms with Gasteiger partial charge in [-0.1, -0.05) is 13.8 Å². The fourth-order valence-electron chi connectivity index (χ4n) is 2.25. The highest BCUT2D eigenvalue weighted by Crippen LogP contribution is 2.12. The smallest absolute Gasteiger partial charge is 0.147 e. The molecule has 2 heterocycles. The number of aromatic nitrogens is 3. The standard InChI is InChI=1S/C12H23N5O/c1-10(2)13-6-11(8-18-3)16-4-5-17-9-14-15-12(17)7-16/h9-11,13H,4-8H2,1-3H3. The lowest BCUT2D eigenvalue weighted by molar-refractivity contribution is 0.0695. The van der Waals surface area contributed by atoms with Crippen molar-refractivity contribution in [2.75, 3.05) is 26.8 Å². The SMILES string of the molecule is COCC(CNC(C)C)N1CCn2cnnc2C1. The summed E-state index contributed by atoms with van der Waals surface area (Å²) >= 11 is 0. The molecule has 0 saturated carbocycles. The average molecular weight is 253 g/mol. The first-order chi connectivity index (χ1) is 8.70. The van der Waals surface area contributed by atoms with Crippen molar-refractivity contribution in [2.24, 2.45) is 0 Å². The topological polar surface area (TPSA) is 55.2 Å². The molecule has 18 heavy (non-hydrogen) atoms. The lowest BCUT2D eigenvalue weighted by Crippen LogP contribution is -2.49. The van der Waals surface area contributed by atoms with E-state index in [4.69, 9.17) is 4.74 Å². The van der Waals surface area contributed by atoms with E-state index in [2.05, 4.69) is 38.8 Å². The summed E-state index contributed by atoms with van der Waals surface area (Å²) in [5.41, 5.74) is 0. The van der Waals surface area contributed by atoms with Crippen LogP contribution >= 0.6 is 0 Å². The number of nitrogens with zero attached hydrogens (tertiary/aromatic N) is 4. The molecule has 2 rings (SSSR count). The van der Waals surface area contributed by atoms with Crippen molar-refractivity contribution < 1.29 is 4.74 Å². The van der Waals surface area contributed by atoms with Crippen LogP contribution < -0.4 is 5.32 Å². The summed E-state index contributed by atoms with van der Waals surface area (Å²) in [6, 6.07) is 0.889. The van der Waals surface area contributed by atoms with Crippen LogP contribution in [0.4, 0.5) is 0 Å². The van der Waals surface area contributed by atoms with Gasteiger partial charge in [0.2, 0.25) is 0 Å². The Bertz CT molecular complexity index is 365. The predicted molar refractivity (Wildman–Crippen MR) is 69.2 cm³/mol. The van der Waals surface area contributed by atoms with Gasteiger partial charge in [-0.3, -0.25) is 4.90 Å². The minimum atomic E-state index is 0.392. The van der Waals surface area contributed by atoms with E-state index in [1.54, 1.807) is 7.11 Å². The highest BCUT2D eigenvalue weighted by Gasteiger charge is 2.24. The summed E-state index contributed by atoms with van der Waals surface area (Å²) in [7, 11) is 1.76. The maximum atomic E-state index is 5.33. The van der Waals surface area contributed by atoms with E-state index in [0.717, 1.165) is 38.6 Å². The van der Waals surface area contributed by atoms with E-state index in [1.165, 1.54) is 0 Å². The molecule has 0 aliphatic carbocycles. The average Bonchev–Trinajstić information content (AvgIpc) is 2.81. The second-order valence-corrected chi connectivity index (χ2v) is 5.08. The lowest BCUT2D eigenvalue weighted by Gasteiger charge is -2.34. The molecule has 0 bridgehead atoms. The van der Waals surface area contributed by atoms with E-state index in [0.29, 0.717) is 12.1 Å². The fourth-order valence-corrected chi connectivity index (χ4v) is 2.25. The maximum absolute atomic E-state index is 5.33. The predicted octanol–water partition coefficient (Wildman–Crippen LogP) is 0.107. The molecule has 0 amide bonds. The normalized spacial score (nSPS) is 18.0. The highest BCUT2D eigenvalue weighted by atomic mass is 16.5. The van der Waals surface area contributed by atoms with E-state index in [9.17, 15) is 0 Å². The Hall–Kier alpha value is -0.980. The fraction of sp³-hybridized carbons (Fsp3) is 0.833. The molecule has 0 radical (unpaired) electrons. The first-order valence-electron chi connectivity index (χ1n) is 6.53. The van der Waals surface area contributed by atoms with Crippen molar-refractivity contribution in [3.63, 3.8) is 0 Å². The maximum Gasteiger partial charge on any atom is 0.147 e. The van der Waals surface area contributed by atoms with E-state index < -0.39 is 0 Å². The molecule has 0 fully saturated rings. The number of hydrogen-bond donors (Lipinski definition) is 1. The van der Waals surface area contributed by atoms with Crippen LogP contribution in [0, 0.1) is 0 Å². The van der Waals surface area contributed by atoms with Crippen LogP contribution in [-0.2, 0) is 17.8 Å². The molecular formula is C12H23N5O. The van der Waals surface area contributed by atoms with Crippen molar-refractivity contribution >= 4 is 0 Å². The number of fused-ring (bicyclic) bond motifs is 1. The van der Waals surface area contributed by atoms with Crippen LogP contribution in [-0.4, -0.2) is 58.6 Å². The van der Waals surface area contributed by atoms with Gasteiger partial charge >= 0.3 is 0 Å². The number of nitrogens with one attached hydrogen (secondary N) is 1. The second-order valence-electron chi connectivity index (χ2n) is 5.08. The van der Waals surface area contributed by atoms with E-state index in [1.807, 2.05) is 6.33 Å². The summed E-state index contributed by atoms with van der Waals surface area (Å²) in [4.78, 5) is 2.42. The van der Waals surface area contributed by atoms with Gasteiger partial charge in [-0.05, 0) is 0 Å². The quantitative estimate of drug-likeness (QED) is 0.779. The molecule has 1 aromatic rings. The molecule has 1 aromatic heterocycles.